The van der Waals surface area contributed by atoms with E-state index in [1.807, 2.05) is 37.3 Å². The van der Waals surface area contributed by atoms with Gasteiger partial charge in [-0.2, -0.15) is 0 Å². The highest BCUT2D eigenvalue weighted by molar-refractivity contribution is 5.55. The normalized spacial score (nSPS) is 10.4. The summed E-state index contributed by atoms with van der Waals surface area (Å²) in [5.41, 5.74) is 1.14. The molecule has 0 aliphatic rings. The second-order valence-electron chi connectivity index (χ2n) is 2.46. The van der Waals surface area contributed by atoms with Crippen molar-refractivity contribution in [2.24, 2.45) is 5.16 Å². The summed E-state index contributed by atoms with van der Waals surface area (Å²) in [4.78, 5) is 5.03. The van der Waals surface area contributed by atoms with E-state index in [2.05, 4.69) is 5.16 Å². The predicted octanol–water partition coefficient (Wildman–Crippen LogP) is 2.60. The molecule has 1 aromatic carbocycles. The SMILES string of the molecule is CC/C=N\OCc1ccccc1. The fourth-order valence-corrected chi connectivity index (χ4v) is 0.813. The molecule has 0 fully saturated rings. The Balaban J connectivity index is 2.29. The molecule has 2 nitrogen and oxygen atoms in total. The van der Waals surface area contributed by atoms with E-state index in [0.29, 0.717) is 6.61 Å². The molecule has 0 N–H and O–H groups in total. The molecular formula is C10H13NO. The van der Waals surface area contributed by atoms with Gasteiger partial charge in [-0.3, -0.25) is 0 Å². The zero-order valence-corrected chi connectivity index (χ0v) is 7.23. The monoisotopic (exact) mass is 163 g/mol. The fourth-order valence-electron chi connectivity index (χ4n) is 0.813. The molecule has 1 aromatic rings. The fraction of sp³-hybridized carbons (Fsp3) is 0.300. The molecule has 0 saturated carbocycles. The van der Waals surface area contributed by atoms with Crippen molar-refractivity contribution in [1.82, 2.24) is 0 Å². The molecule has 0 atom stereocenters. The summed E-state index contributed by atoms with van der Waals surface area (Å²) in [6.45, 7) is 2.58. The maximum Gasteiger partial charge on any atom is 0.142 e. The van der Waals surface area contributed by atoms with Gasteiger partial charge in [-0.05, 0) is 12.0 Å². The lowest BCUT2D eigenvalue weighted by atomic mass is 10.2. The van der Waals surface area contributed by atoms with Crippen LogP contribution in [0.4, 0.5) is 0 Å². The zero-order chi connectivity index (χ0) is 8.65. The van der Waals surface area contributed by atoms with Gasteiger partial charge in [0, 0.05) is 6.21 Å². The van der Waals surface area contributed by atoms with E-state index in [9.17, 15) is 0 Å². The average Bonchev–Trinajstić information content (AvgIpc) is 2.14. The number of nitrogens with zero attached hydrogens (tertiary/aromatic N) is 1. The average molecular weight is 163 g/mol. The third kappa shape index (κ3) is 3.19. The van der Waals surface area contributed by atoms with Crippen molar-refractivity contribution in [2.75, 3.05) is 0 Å². The van der Waals surface area contributed by atoms with Crippen molar-refractivity contribution >= 4 is 6.21 Å². The third-order valence-electron chi connectivity index (χ3n) is 1.41. The number of hydrogen-bond acceptors (Lipinski definition) is 2. The van der Waals surface area contributed by atoms with E-state index in [1.165, 1.54) is 0 Å². The molecule has 0 spiro atoms. The van der Waals surface area contributed by atoms with Crippen LogP contribution in [0.15, 0.2) is 35.5 Å². The maximum absolute atomic E-state index is 5.03. The minimum atomic E-state index is 0.553. The van der Waals surface area contributed by atoms with Gasteiger partial charge in [0.15, 0.2) is 0 Å². The van der Waals surface area contributed by atoms with Crippen LogP contribution in [0.1, 0.15) is 18.9 Å². The second-order valence-corrected chi connectivity index (χ2v) is 2.46. The number of rotatable bonds is 4. The first-order valence-corrected chi connectivity index (χ1v) is 4.11. The van der Waals surface area contributed by atoms with Crippen molar-refractivity contribution in [2.45, 2.75) is 20.0 Å². The van der Waals surface area contributed by atoms with Gasteiger partial charge in [0.05, 0.1) is 0 Å². The van der Waals surface area contributed by atoms with Crippen LogP contribution in [0.2, 0.25) is 0 Å². The van der Waals surface area contributed by atoms with Crippen LogP contribution in [0, 0.1) is 0 Å². The third-order valence-corrected chi connectivity index (χ3v) is 1.41. The minimum Gasteiger partial charge on any atom is -0.391 e. The Morgan fingerprint density at radius 1 is 1.33 bits per heavy atom. The first kappa shape index (κ1) is 8.78. The Hall–Kier alpha value is -1.31. The molecule has 0 unspecified atom stereocenters. The van der Waals surface area contributed by atoms with E-state index < -0.39 is 0 Å². The van der Waals surface area contributed by atoms with E-state index in [4.69, 9.17) is 4.84 Å². The van der Waals surface area contributed by atoms with Gasteiger partial charge in [0.25, 0.3) is 0 Å². The quantitative estimate of drug-likeness (QED) is 0.494. The van der Waals surface area contributed by atoms with Crippen molar-refractivity contribution < 1.29 is 4.84 Å². The van der Waals surface area contributed by atoms with E-state index in [1.54, 1.807) is 6.21 Å². The summed E-state index contributed by atoms with van der Waals surface area (Å²) >= 11 is 0. The topological polar surface area (TPSA) is 21.6 Å². The molecule has 0 saturated heterocycles. The van der Waals surface area contributed by atoms with Crippen molar-refractivity contribution in [3.05, 3.63) is 35.9 Å². The van der Waals surface area contributed by atoms with E-state index in [0.717, 1.165) is 12.0 Å². The lowest BCUT2D eigenvalue weighted by Gasteiger charge is -1.97. The van der Waals surface area contributed by atoms with Crippen LogP contribution in [0.5, 0.6) is 0 Å². The summed E-state index contributed by atoms with van der Waals surface area (Å²) in [7, 11) is 0. The lowest BCUT2D eigenvalue weighted by molar-refractivity contribution is 0.131. The molecule has 0 radical (unpaired) electrons. The first-order valence-electron chi connectivity index (χ1n) is 4.11. The van der Waals surface area contributed by atoms with Crippen LogP contribution in [0.3, 0.4) is 0 Å². The molecule has 64 valence electrons. The van der Waals surface area contributed by atoms with Gasteiger partial charge in [-0.1, -0.05) is 42.4 Å². The number of benzene rings is 1. The first-order chi connectivity index (χ1) is 5.93. The second kappa shape index (κ2) is 5.35. The van der Waals surface area contributed by atoms with Crippen LogP contribution >= 0.6 is 0 Å². The number of oxime groups is 1. The molecule has 12 heavy (non-hydrogen) atoms. The van der Waals surface area contributed by atoms with Gasteiger partial charge in [-0.15, -0.1) is 0 Å². The molecular weight excluding hydrogens is 150 g/mol. The van der Waals surface area contributed by atoms with Gasteiger partial charge >= 0.3 is 0 Å². The summed E-state index contributed by atoms with van der Waals surface area (Å²) < 4.78 is 0. The molecule has 0 amide bonds. The summed E-state index contributed by atoms with van der Waals surface area (Å²) in [6, 6.07) is 9.99. The van der Waals surface area contributed by atoms with Crippen LogP contribution < -0.4 is 0 Å². The van der Waals surface area contributed by atoms with Crippen LogP contribution in [-0.2, 0) is 11.4 Å². The molecule has 1 rings (SSSR count). The van der Waals surface area contributed by atoms with Gasteiger partial charge < -0.3 is 4.84 Å². The smallest absolute Gasteiger partial charge is 0.142 e. The maximum atomic E-state index is 5.03. The van der Waals surface area contributed by atoms with Crippen molar-refractivity contribution in [3.8, 4) is 0 Å². The Labute approximate surface area is 72.9 Å². The molecule has 0 aliphatic heterocycles. The molecule has 0 bridgehead atoms. The molecule has 0 aliphatic carbocycles. The molecule has 0 aromatic heterocycles. The van der Waals surface area contributed by atoms with Gasteiger partial charge in [-0.25, -0.2) is 0 Å². The van der Waals surface area contributed by atoms with Crippen molar-refractivity contribution in [1.29, 1.82) is 0 Å². The zero-order valence-electron chi connectivity index (χ0n) is 7.23. The predicted molar refractivity (Wildman–Crippen MR) is 50.0 cm³/mol. The standard InChI is InChI=1S/C10H13NO/c1-2-8-11-12-9-10-6-4-3-5-7-10/h3-8H,2,9H2,1H3/b11-8-. The molecule has 2 heteroatoms. The van der Waals surface area contributed by atoms with Crippen molar-refractivity contribution in [3.63, 3.8) is 0 Å². The summed E-state index contributed by atoms with van der Waals surface area (Å²) in [5, 5.41) is 3.76. The Bertz CT molecular complexity index is 231. The Morgan fingerprint density at radius 3 is 2.75 bits per heavy atom. The molecule has 0 heterocycles. The highest BCUT2D eigenvalue weighted by Gasteiger charge is 1.87. The van der Waals surface area contributed by atoms with E-state index >= 15 is 0 Å². The highest BCUT2D eigenvalue weighted by atomic mass is 16.6. The summed E-state index contributed by atoms with van der Waals surface area (Å²) in [5.74, 6) is 0. The Morgan fingerprint density at radius 2 is 2.08 bits per heavy atom. The largest absolute Gasteiger partial charge is 0.391 e. The minimum absolute atomic E-state index is 0.553. The van der Waals surface area contributed by atoms with E-state index in [-0.39, 0.29) is 0 Å². The summed E-state index contributed by atoms with van der Waals surface area (Å²) in [6.07, 6.45) is 2.66. The van der Waals surface area contributed by atoms with Gasteiger partial charge in [0.1, 0.15) is 6.61 Å². The Kier molecular flexibility index (Phi) is 3.92. The highest BCUT2D eigenvalue weighted by Crippen LogP contribution is 1.99. The van der Waals surface area contributed by atoms with Crippen LogP contribution in [0.25, 0.3) is 0 Å². The van der Waals surface area contributed by atoms with Gasteiger partial charge in [0.2, 0.25) is 0 Å². The van der Waals surface area contributed by atoms with Crippen LogP contribution in [-0.4, -0.2) is 6.21 Å². The lowest BCUT2D eigenvalue weighted by Crippen LogP contribution is -1.85. The number of hydrogen-bond donors (Lipinski definition) is 0.